The maximum absolute atomic E-state index is 12.0. The summed E-state index contributed by atoms with van der Waals surface area (Å²) in [4.78, 5) is 0.298. The smallest absolute Gasteiger partial charge is 0.240 e. The Bertz CT molecular complexity index is 498. The molecule has 6 heteroatoms. The molecule has 0 aliphatic carbocycles. The van der Waals surface area contributed by atoms with Crippen LogP contribution < -0.4 is 10.0 Å². The van der Waals surface area contributed by atoms with Gasteiger partial charge in [0.1, 0.15) is 0 Å². The van der Waals surface area contributed by atoms with Gasteiger partial charge in [-0.2, -0.15) is 0 Å². The van der Waals surface area contributed by atoms with Crippen molar-refractivity contribution < 1.29 is 13.2 Å². The van der Waals surface area contributed by atoms with Crippen molar-refractivity contribution in [3.05, 3.63) is 30.3 Å². The predicted octanol–water partition coefficient (Wildman–Crippen LogP) is 1.12. The Balaban J connectivity index is 1.73. The summed E-state index contributed by atoms with van der Waals surface area (Å²) in [7, 11) is -3.40. The van der Waals surface area contributed by atoms with Crippen LogP contribution in [0, 0.1) is 0 Å². The lowest BCUT2D eigenvalue weighted by atomic mass is 10.1. The maximum Gasteiger partial charge on any atom is 0.240 e. The second kappa shape index (κ2) is 7.17. The van der Waals surface area contributed by atoms with Crippen LogP contribution in [0.15, 0.2) is 35.2 Å². The highest BCUT2D eigenvalue weighted by Gasteiger charge is 2.21. The van der Waals surface area contributed by atoms with Crippen molar-refractivity contribution in [2.75, 3.05) is 19.7 Å². The zero-order valence-corrected chi connectivity index (χ0v) is 12.5. The minimum Gasteiger partial charge on any atom is -0.377 e. The van der Waals surface area contributed by atoms with Crippen molar-refractivity contribution in [3.63, 3.8) is 0 Å². The molecule has 0 aromatic heterocycles. The summed E-state index contributed by atoms with van der Waals surface area (Å²) < 4.78 is 32.1. The first-order chi connectivity index (χ1) is 9.59. The molecule has 1 fully saturated rings. The number of hydrogen-bond donors (Lipinski definition) is 2. The molecule has 0 radical (unpaired) electrons. The molecule has 1 aliphatic rings. The Kier molecular flexibility index (Phi) is 5.54. The van der Waals surface area contributed by atoms with Crippen LogP contribution in [0.1, 0.15) is 19.8 Å². The van der Waals surface area contributed by atoms with Crippen LogP contribution in [-0.2, 0) is 14.8 Å². The fraction of sp³-hybridized carbons (Fsp3) is 0.571. The normalized spacial score (nSPS) is 20.9. The third-order valence-electron chi connectivity index (χ3n) is 3.46. The summed E-state index contributed by atoms with van der Waals surface area (Å²) in [6.07, 6.45) is 2.43. The van der Waals surface area contributed by atoms with E-state index < -0.39 is 10.0 Å². The highest BCUT2D eigenvalue weighted by Crippen LogP contribution is 2.15. The number of benzene rings is 1. The van der Waals surface area contributed by atoms with Crippen molar-refractivity contribution in [2.45, 2.75) is 36.8 Å². The lowest BCUT2D eigenvalue weighted by molar-refractivity contribution is 0.0840. The highest BCUT2D eigenvalue weighted by atomic mass is 32.2. The van der Waals surface area contributed by atoms with Gasteiger partial charge in [-0.1, -0.05) is 18.2 Å². The Morgan fingerprint density at radius 3 is 2.70 bits per heavy atom. The van der Waals surface area contributed by atoms with Crippen LogP contribution in [-0.4, -0.2) is 40.3 Å². The lowest BCUT2D eigenvalue weighted by Crippen LogP contribution is -2.41. The highest BCUT2D eigenvalue weighted by molar-refractivity contribution is 7.89. The Hall–Kier alpha value is -0.950. The van der Waals surface area contributed by atoms with Gasteiger partial charge in [0.05, 0.1) is 11.0 Å². The number of nitrogens with one attached hydrogen (secondary N) is 2. The van der Waals surface area contributed by atoms with E-state index in [2.05, 4.69) is 17.0 Å². The lowest BCUT2D eigenvalue weighted by Gasteiger charge is -2.20. The van der Waals surface area contributed by atoms with E-state index in [0.717, 1.165) is 19.4 Å². The molecule has 112 valence electrons. The van der Waals surface area contributed by atoms with Gasteiger partial charge in [0, 0.05) is 25.7 Å². The molecule has 20 heavy (non-hydrogen) atoms. The first-order valence-corrected chi connectivity index (χ1v) is 8.47. The average Bonchev–Trinajstić information content (AvgIpc) is 2.98. The first kappa shape index (κ1) is 15.4. The molecule has 2 rings (SSSR count). The Morgan fingerprint density at radius 2 is 2.05 bits per heavy atom. The number of rotatable bonds is 7. The molecule has 2 atom stereocenters. The van der Waals surface area contributed by atoms with Gasteiger partial charge in [0.15, 0.2) is 0 Å². The zero-order valence-electron chi connectivity index (χ0n) is 11.7. The Labute approximate surface area is 120 Å². The summed E-state index contributed by atoms with van der Waals surface area (Å²) in [5.41, 5.74) is 0. The molecule has 1 aromatic rings. The molecule has 2 unspecified atom stereocenters. The van der Waals surface area contributed by atoms with Gasteiger partial charge >= 0.3 is 0 Å². The molecule has 5 nitrogen and oxygen atoms in total. The van der Waals surface area contributed by atoms with Gasteiger partial charge in [-0.25, -0.2) is 13.1 Å². The molecular weight excluding hydrogens is 276 g/mol. The van der Waals surface area contributed by atoms with Crippen LogP contribution >= 0.6 is 0 Å². The molecule has 1 aliphatic heterocycles. The summed E-state index contributed by atoms with van der Waals surface area (Å²) >= 11 is 0. The first-order valence-electron chi connectivity index (χ1n) is 6.99. The van der Waals surface area contributed by atoms with Crippen molar-refractivity contribution in [3.8, 4) is 0 Å². The second-order valence-corrected chi connectivity index (χ2v) is 6.77. The monoisotopic (exact) mass is 298 g/mol. The molecule has 0 spiro atoms. The summed E-state index contributed by atoms with van der Waals surface area (Å²) in [6.45, 7) is 3.86. The SMILES string of the molecule is CC(NCCNS(=O)(=O)c1ccccc1)C1CCCO1. The van der Waals surface area contributed by atoms with Gasteiger partial charge in [-0.15, -0.1) is 0 Å². The quantitative estimate of drug-likeness (QED) is 0.740. The summed E-state index contributed by atoms with van der Waals surface area (Å²) in [5, 5.41) is 3.30. The van der Waals surface area contributed by atoms with Crippen molar-refractivity contribution >= 4 is 10.0 Å². The van der Waals surface area contributed by atoms with E-state index in [4.69, 9.17) is 4.74 Å². The molecule has 1 heterocycles. The van der Waals surface area contributed by atoms with Gasteiger partial charge in [-0.05, 0) is 31.9 Å². The minimum atomic E-state index is -3.40. The van der Waals surface area contributed by atoms with Crippen LogP contribution in [0.5, 0.6) is 0 Å². The van der Waals surface area contributed by atoms with Crippen molar-refractivity contribution in [1.29, 1.82) is 0 Å². The molecule has 0 amide bonds. The molecule has 2 N–H and O–H groups in total. The van der Waals surface area contributed by atoms with E-state index in [9.17, 15) is 8.42 Å². The second-order valence-electron chi connectivity index (χ2n) is 5.01. The van der Waals surface area contributed by atoms with E-state index in [1.165, 1.54) is 0 Å². The van der Waals surface area contributed by atoms with Crippen molar-refractivity contribution in [1.82, 2.24) is 10.0 Å². The topological polar surface area (TPSA) is 67.4 Å². The van der Waals surface area contributed by atoms with E-state index in [-0.39, 0.29) is 12.1 Å². The third-order valence-corrected chi connectivity index (χ3v) is 4.94. The van der Waals surface area contributed by atoms with Gasteiger partial charge in [0.2, 0.25) is 10.0 Å². The van der Waals surface area contributed by atoms with Gasteiger partial charge in [0.25, 0.3) is 0 Å². The maximum atomic E-state index is 12.0. The van der Waals surface area contributed by atoms with Crippen molar-refractivity contribution in [2.24, 2.45) is 0 Å². The largest absolute Gasteiger partial charge is 0.377 e. The molecule has 1 saturated heterocycles. The van der Waals surface area contributed by atoms with E-state index in [0.29, 0.717) is 18.0 Å². The standard InChI is InChI=1S/C14H22N2O3S/c1-12(14-8-5-11-19-14)15-9-10-16-20(17,18)13-6-3-2-4-7-13/h2-4,6-7,12,14-16H,5,8-11H2,1H3. The van der Waals surface area contributed by atoms with Crippen LogP contribution in [0.4, 0.5) is 0 Å². The fourth-order valence-electron chi connectivity index (χ4n) is 2.30. The zero-order chi connectivity index (χ0) is 14.4. The third kappa shape index (κ3) is 4.28. The minimum absolute atomic E-state index is 0.249. The molecular formula is C14H22N2O3S. The number of hydrogen-bond acceptors (Lipinski definition) is 4. The summed E-state index contributed by atoms with van der Waals surface area (Å²) in [6, 6.07) is 8.65. The summed E-state index contributed by atoms with van der Waals surface area (Å²) in [5.74, 6) is 0. The van der Waals surface area contributed by atoms with Crippen LogP contribution in [0.2, 0.25) is 0 Å². The van der Waals surface area contributed by atoms with Crippen LogP contribution in [0.3, 0.4) is 0 Å². The number of ether oxygens (including phenoxy) is 1. The van der Waals surface area contributed by atoms with E-state index >= 15 is 0 Å². The Morgan fingerprint density at radius 1 is 1.30 bits per heavy atom. The van der Waals surface area contributed by atoms with Gasteiger partial charge in [-0.3, -0.25) is 0 Å². The van der Waals surface area contributed by atoms with Crippen LogP contribution in [0.25, 0.3) is 0 Å². The number of sulfonamides is 1. The molecule has 1 aromatic carbocycles. The van der Waals surface area contributed by atoms with Gasteiger partial charge < -0.3 is 10.1 Å². The van der Waals surface area contributed by atoms with E-state index in [1.54, 1.807) is 30.3 Å². The average molecular weight is 298 g/mol. The molecule has 0 saturated carbocycles. The van der Waals surface area contributed by atoms with E-state index in [1.807, 2.05) is 0 Å². The fourth-order valence-corrected chi connectivity index (χ4v) is 3.35. The molecule has 0 bridgehead atoms. The predicted molar refractivity (Wildman–Crippen MR) is 78.1 cm³/mol.